The minimum atomic E-state index is -0.975. The van der Waals surface area contributed by atoms with E-state index in [0.29, 0.717) is 12.3 Å². The molecule has 17 heavy (non-hydrogen) atoms. The van der Waals surface area contributed by atoms with Crippen LogP contribution in [-0.2, 0) is 4.79 Å². The lowest BCUT2D eigenvalue weighted by Gasteiger charge is -2.14. The molecule has 3 N–H and O–H groups in total. The number of carboxylic acid groups (broad SMARTS) is 1. The van der Waals surface area contributed by atoms with Gasteiger partial charge in [-0.1, -0.05) is 13.3 Å². The summed E-state index contributed by atoms with van der Waals surface area (Å²) in [4.78, 5) is 22.5. The van der Waals surface area contributed by atoms with E-state index in [4.69, 9.17) is 5.11 Å². The van der Waals surface area contributed by atoms with Gasteiger partial charge in [-0.2, -0.15) is 11.8 Å². The topological polar surface area (TPSA) is 78.4 Å². The van der Waals surface area contributed by atoms with Gasteiger partial charge in [-0.25, -0.2) is 9.59 Å². The van der Waals surface area contributed by atoms with Gasteiger partial charge < -0.3 is 15.7 Å². The van der Waals surface area contributed by atoms with Crippen molar-refractivity contribution < 1.29 is 14.7 Å². The molecule has 0 saturated heterocycles. The van der Waals surface area contributed by atoms with Gasteiger partial charge in [-0.05, 0) is 30.8 Å². The maximum atomic E-state index is 11.5. The van der Waals surface area contributed by atoms with Crippen molar-refractivity contribution >= 4 is 23.8 Å². The Morgan fingerprint density at radius 3 is 2.71 bits per heavy atom. The molecule has 0 aromatic heterocycles. The lowest BCUT2D eigenvalue weighted by molar-refractivity contribution is -0.139. The molecule has 1 aliphatic rings. The summed E-state index contributed by atoms with van der Waals surface area (Å²) < 4.78 is 0. The highest BCUT2D eigenvalue weighted by molar-refractivity contribution is 7.98. The van der Waals surface area contributed by atoms with Gasteiger partial charge in [-0.3, -0.25) is 0 Å². The highest BCUT2D eigenvalue weighted by Crippen LogP contribution is 2.32. The quantitative estimate of drug-likeness (QED) is 0.644. The Morgan fingerprint density at radius 2 is 2.24 bits per heavy atom. The van der Waals surface area contributed by atoms with Crippen molar-refractivity contribution in [2.45, 2.75) is 38.3 Å². The van der Waals surface area contributed by atoms with Gasteiger partial charge in [0.05, 0.1) is 0 Å². The van der Waals surface area contributed by atoms with E-state index in [9.17, 15) is 9.59 Å². The molecule has 1 aliphatic carbocycles. The Bertz CT molecular complexity index is 286. The number of aliphatic carboxylic acids is 1. The first-order valence-corrected chi connectivity index (χ1v) is 7.26. The highest BCUT2D eigenvalue weighted by Gasteiger charge is 2.36. The van der Waals surface area contributed by atoms with E-state index >= 15 is 0 Å². The second-order valence-corrected chi connectivity index (χ2v) is 5.29. The van der Waals surface area contributed by atoms with Crippen LogP contribution in [0, 0.1) is 5.92 Å². The highest BCUT2D eigenvalue weighted by atomic mass is 32.2. The van der Waals surface area contributed by atoms with Gasteiger partial charge in [0, 0.05) is 6.04 Å². The number of rotatable bonds is 7. The molecule has 0 aromatic rings. The number of hydrogen-bond donors (Lipinski definition) is 3. The molecular formula is C11H20N2O3S. The summed E-state index contributed by atoms with van der Waals surface area (Å²) >= 11 is 1.57. The van der Waals surface area contributed by atoms with E-state index in [2.05, 4.69) is 17.6 Å². The van der Waals surface area contributed by atoms with E-state index in [-0.39, 0.29) is 12.1 Å². The number of hydrogen-bond acceptors (Lipinski definition) is 3. The van der Waals surface area contributed by atoms with Crippen LogP contribution in [0.5, 0.6) is 0 Å². The lowest BCUT2D eigenvalue weighted by Crippen LogP contribution is -2.47. The molecule has 98 valence electrons. The van der Waals surface area contributed by atoms with Crippen molar-refractivity contribution in [3.63, 3.8) is 0 Å². The fourth-order valence-corrected chi connectivity index (χ4v) is 2.21. The van der Waals surface area contributed by atoms with Crippen LogP contribution in [0.4, 0.5) is 4.79 Å². The Balaban J connectivity index is 2.28. The lowest BCUT2D eigenvalue weighted by atomic mass is 10.2. The van der Waals surface area contributed by atoms with Gasteiger partial charge in [-0.15, -0.1) is 0 Å². The third-order valence-electron chi connectivity index (χ3n) is 2.98. The van der Waals surface area contributed by atoms with E-state index in [0.717, 1.165) is 18.6 Å². The fourth-order valence-electron chi connectivity index (χ4n) is 1.74. The molecule has 0 heterocycles. The van der Waals surface area contributed by atoms with Gasteiger partial charge >= 0.3 is 12.0 Å². The van der Waals surface area contributed by atoms with E-state index < -0.39 is 12.0 Å². The molecule has 3 atom stereocenters. The standard InChI is InChI=1S/C11H20N2O3S/c1-3-7-6-9(7)13-11(16)12-8(10(14)15)4-5-17-2/h7-9H,3-6H2,1-2H3,(H,14,15)(H2,12,13,16)/t7?,8-,9?/m0/s1. The summed E-state index contributed by atoms with van der Waals surface area (Å²) in [6, 6.07) is -0.921. The van der Waals surface area contributed by atoms with Crippen molar-refractivity contribution in [3.05, 3.63) is 0 Å². The minimum absolute atomic E-state index is 0.231. The molecule has 0 bridgehead atoms. The SMILES string of the molecule is CCC1CC1NC(=O)N[C@@H](CCSC)C(=O)O. The van der Waals surface area contributed by atoms with Crippen LogP contribution in [0.3, 0.4) is 0 Å². The molecule has 2 amide bonds. The van der Waals surface area contributed by atoms with Crippen LogP contribution in [0.25, 0.3) is 0 Å². The molecule has 1 saturated carbocycles. The summed E-state index contributed by atoms with van der Waals surface area (Å²) in [5.41, 5.74) is 0. The van der Waals surface area contributed by atoms with Crippen LogP contribution < -0.4 is 10.6 Å². The van der Waals surface area contributed by atoms with Crippen molar-refractivity contribution in [3.8, 4) is 0 Å². The van der Waals surface area contributed by atoms with Gasteiger partial charge in [0.2, 0.25) is 0 Å². The second-order valence-electron chi connectivity index (χ2n) is 4.30. The molecule has 6 heteroatoms. The first-order valence-electron chi connectivity index (χ1n) is 5.87. The number of carboxylic acids is 1. The zero-order valence-electron chi connectivity index (χ0n) is 10.2. The summed E-state index contributed by atoms with van der Waals surface area (Å²) in [7, 11) is 0. The first-order chi connectivity index (χ1) is 8.08. The number of thioether (sulfide) groups is 1. The third kappa shape index (κ3) is 4.85. The number of nitrogens with one attached hydrogen (secondary N) is 2. The first kappa shape index (κ1) is 14.2. The Hall–Kier alpha value is -0.910. The van der Waals surface area contributed by atoms with Crippen molar-refractivity contribution in [2.24, 2.45) is 5.92 Å². The van der Waals surface area contributed by atoms with Crippen LogP contribution in [-0.4, -0.2) is 41.2 Å². The van der Waals surface area contributed by atoms with Gasteiger partial charge in [0.25, 0.3) is 0 Å². The molecule has 1 fully saturated rings. The van der Waals surface area contributed by atoms with E-state index in [1.807, 2.05) is 6.26 Å². The monoisotopic (exact) mass is 260 g/mol. The van der Waals surface area contributed by atoms with Crippen LogP contribution in [0.1, 0.15) is 26.2 Å². The Kier molecular flexibility index (Phi) is 5.61. The average Bonchev–Trinajstić information content (AvgIpc) is 3.02. The summed E-state index contributed by atoms with van der Waals surface area (Å²) in [6.45, 7) is 2.09. The van der Waals surface area contributed by atoms with Gasteiger partial charge in [0.1, 0.15) is 6.04 Å². The van der Waals surface area contributed by atoms with E-state index in [1.165, 1.54) is 0 Å². The molecule has 2 unspecified atom stereocenters. The smallest absolute Gasteiger partial charge is 0.326 e. The van der Waals surface area contributed by atoms with Crippen molar-refractivity contribution in [1.82, 2.24) is 10.6 Å². The zero-order chi connectivity index (χ0) is 12.8. The molecule has 0 aliphatic heterocycles. The largest absolute Gasteiger partial charge is 0.480 e. The summed E-state index contributed by atoms with van der Waals surface area (Å²) in [5.74, 6) is 0.311. The number of amides is 2. The summed E-state index contributed by atoms with van der Waals surface area (Å²) in [6.07, 6.45) is 4.42. The maximum Gasteiger partial charge on any atom is 0.326 e. The van der Waals surface area contributed by atoms with Crippen LogP contribution >= 0.6 is 11.8 Å². The molecular weight excluding hydrogens is 240 g/mol. The van der Waals surface area contributed by atoms with Gasteiger partial charge in [0.15, 0.2) is 0 Å². The zero-order valence-corrected chi connectivity index (χ0v) is 11.0. The molecule has 0 aromatic carbocycles. The minimum Gasteiger partial charge on any atom is -0.480 e. The molecule has 0 radical (unpaired) electrons. The fraction of sp³-hybridized carbons (Fsp3) is 0.818. The number of carbonyl (C=O) groups is 2. The predicted octanol–water partition coefficient (Wildman–Crippen LogP) is 1.29. The predicted molar refractivity (Wildman–Crippen MR) is 68.3 cm³/mol. The van der Waals surface area contributed by atoms with E-state index in [1.54, 1.807) is 11.8 Å². The maximum absolute atomic E-state index is 11.5. The molecule has 0 spiro atoms. The van der Waals surface area contributed by atoms with Crippen molar-refractivity contribution in [1.29, 1.82) is 0 Å². The molecule has 1 rings (SSSR count). The normalized spacial score (nSPS) is 23.9. The van der Waals surface area contributed by atoms with Crippen molar-refractivity contribution in [2.75, 3.05) is 12.0 Å². The average molecular weight is 260 g/mol. The van der Waals surface area contributed by atoms with Crippen LogP contribution in [0.15, 0.2) is 0 Å². The Labute approximate surface area is 106 Å². The molecule has 5 nitrogen and oxygen atoms in total. The second kappa shape index (κ2) is 6.74. The Morgan fingerprint density at radius 1 is 1.53 bits per heavy atom. The summed E-state index contributed by atoms with van der Waals surface area (Å²) in [5, 5.41) is 14.2. The number of carbonyl (C=O) groups excluding carboxylic acids is 1. The third-order valence-corrected chi connectivity index (χ3v) is 3.62. The van der Waals surface area contributed by atoms with Crippen LogP contribution in [0.2, 0.25) is 0 Å². The number of urea groups is 1.